The van der Waals surface area contributed by atoms with Crippen LogP contribution in [0.2, 0.25) is 0 Å². The number of furan rings is 1. The van der Waals surface area contributed by atoms with Crippen molar-refractivity contribution in [1.82, 2.24) is 10.6 Å². The van der Waals surface area contributed by atoms with E-state index in [1.54, 1.807) is 31.3 Å². The number of alkyl halides is 2. The van der Waals surface area contributed by atoms with E-state index in [-0.39, 0.29) is 24.6 Å². The normalized spacial score (nSPS) is 11.8. The molecular formula is C18H22F2N3O5+. The van der Waals surface area contributed by atoms with E-state index in [9.17, 15) is 18.4 Å². The number of carbonyl (C=O) groups is 2. The van der Waals surface area contributed by atoms with Gasteiger partial charge in [0.15, 0.2) is 18.0 Å². The van der Waals surface area contributed by atoms with Gasteiger partial charge in [0.05, 0.1) is 27.0 Å². The number of ether oxygens (including phenoxy) is 2. The van der Waals surface area contributed by atoms with Crippen LogP contribution in [0.1, 0.15) is 11.3 Å². The third-order valence-electron chi connectivity index (χ3n) is 3.67. The fourth-order valence-electron chi connectivity index (χ4n) is 2.50. The van der Waals surface area contributed by atoms with E-state index in [1.807, 2.05) is 0 Å². The summed E-state index contributed by atoms with van der Waals surface area (Å²) in [6.07, 6.45) is 1.49. The number of likely N-dealkylation sites (N-methyl/N-ethyl adjacent to an activating group) is 1. The van der Waals surface area contributed by atoms with Gasteiger partial charge in [0.2, 0.25) is 0 Å². The molecule has 10 heteroatoms. The zero-order valence-electron chi connectivity index (χ0n) is 15.5. The summed E-state index contributed by atoms with van der Waals surface area (Å²) in [4.78, 5) is 24.5. The van der Waals surface area contributed by atoms with E-state index in [0.717, 1.165) is 10.5 Å². The third kappa shape index (κ3) is 6.88. The molecule has 0 bridgehead atoms. The van der Waals surface area contributed by atoms with Crippen molar-refractivity contribution in [1.29, 1.82) is 0 Å². The van der Waals surface area contributed by atoms with Crippen LogP contribution < -0.4 is 25.0 Å². The number of halogens is 2. The second-order valence-corrected chi connectivity index (χ2v) is 5.98. The average molecular weight is 398 g/mol. The van der Waals surface area contributed by atoms with Crippen molar-refractivity contribution >= 4 is 11.9 Å². The number of hydrogen-bond donors (Lipinski definition) is 3. The molecule has 0 saturated heterocycles. The summed E-state index contributed by atoms with van der Waals surface area (Å²) in [6.45, 7) is -2.34. The van der Waals surface area contributed by atoms with E-state index < -0.39 is 18.5 Å². The van der Waals surface area contributed by atoms with E-state index in [4.69, 9.17) is 9.15 Å². The summed E-state index contributed by atoms with van der Waals surface area (Å²) in [6, 6.07) is 7.33. The van der Waals surface area contributed by atoms with Crippen molar-refractivity contribution in [2.45, 2.75) is 19.7 Å². The number of carbonyl (C=O) groups excluding carboxylic acids is 2. The maximum absolute atomic E-state index is 12.4. The first-order valence-corrected chi connectivity index (χ1v) is 8.40. The molecule has 2 rings (SSSR count). The molecule has 0 aliphatic heterocycles. The van der Waals surface area contributed by atoms with Gasteiger partial charge in [-0.05, 0) is 30.3 Å². The van der Waals surface area contributed by atoms with Crippen molar-refractivity contribution in [3.63, 3.8) is 0 Å². The topological polar surface area (TPSA) is 94.2 Å². The van der Waals surface area contributed by atoms with Gasteiger partial charge in [-0.3, -0.25) is 10.1 Å². The fraction of sp³-hybridized carbons (Fsp3) is 0.333. The van der Waals surface area contributed by atoms with Gasteiger partial charge < -0.3 is 24.1 Å². The molecule has 1 heterocycles. The summed E-state index contributed by atoms with van der Waals surface area (Å²) in [5, 5.41) is 4.74. The maximum atomic E-state index is 12.4. The summed E-state index contributed by atoms with van der Waals surface area (Å²) in [5.41, 5.74) is 0.756. The Morgan fingerprint density at radius 3 is 2.68 bits per heavy atom. The van der Waals surface area contributed by atoms with Gasteiger partial charge in [-0.25, -0.2) is 4.79 Å². The lowest BCUT2D eigenvalue weighted by Crippen LogP contribution is -3.09. The van der Waals surface area contributed by atoms with E-state index in [0.29, 0.717) is 12.3 Å². The smallest absolute Gasteiger partial charge is 0.387 e. The largest absolute Gasteiger partial charge is 0.493 e. The van der Waals surface area contributed by atoms with E-state index in [1.165, 1.54) is 19.4 Å². The molecule has 0 radical (unpaired) electrons. The lowest BCUT2D eigenvalue weighted by Gasteiger charge is -2.15. The molecule has 0 spiro atoms. The second kappa shape index (κ2) is 10.3. The number of imide groups is 1. The van der Waals surface area contributed by atoms with Crippen LogP contribution in [0.4, 0.5) is 13.6 Å². The van der Waals surface area contributed by atoms with Crippen LogP contribution in [0, 0.1) is 0 Å². The molecule has 0 saturated carbocycles. The number of rotatable bonds is 9. The number of hydrogen-bond acceptors (Lipinski definition) is 5. The Kier molecular flexibility index (Phi) is 7.76. The van der Waals surface area contributed by atoms with Gasteiger partial charge in [0, 0.05) is 5.56 Å². The van der Waals surface area contributed by atoms with Gasteiger partial charge >= 0.3 is 12.6 Å². The van der Waals surface area contributed by atoms with Gasteiger partial charge in [-0.2, -0.15) is 8.78 Å². The third-order valence-corrected chi connectivity index (χ3v) is 3.67. The number of methoxy groups -OCH3 is 1. The van der Waals surface area contributed by atoms with Crippen LogP contribution >= 0.6 is 0 Å². The van der Waals surface area contributed by atoms with Crippen molar-refractivity contribution < 1.29 is 37.2 Å². The van der Waals surface area contributed by atoms with Crippen molar-refractivity contribution in [3.05, 3.63) is 47.9 Å². The Labute approximate surface area is 160 Å². The average Bonchev–Trinajstić information content (AvgIpc) is 3.14. The Morgan fingerprint density at radius 1 is 1.25 bits per heavy atom. The van der Waals surface area contributed by atoms with Crippen LogP contribution in [0.3, 0.4) is 0 Å². The molecule has 3 N–H and O–H groups in total. The first kappa shape index (κ1) is 21.2. The predicted molar refractivity (Wildman–Crippen MR) is 94.2 cm³/mol. The first-order valence-electron chi connectivity index (χ1n) is 8.40. The Bertz CT molecular complexity index is 784. The van der Waals surface area contributed by atoms with Gasteiger partial charge in [0.25, 0.3) is 5.91 Å². The highest BCUT2D eigenvalue weighted by molar-refractivity contribution is 5.94. The SMILES string of the molecule is COc1cc(C[NH+](C)CC(=O)NC(=O)NCc2ccco2)ccc1OC(F)F. The minimum absolute atomic E-state index is 0.0335. The molecule has 1 aromatic carbocycles. The van der Waals surface area contributed by atoms with Crippen LogP contribution in [0.5, 0.6) is 11.5 Å². The Balaban J connectivity index is 1.81. The molecule has 152 valence electrons. The molecular weight excluding hydrogens is 376 g/mol. The Morgan fingerprint density at radius 2 is 2.04 bits per heavy atom. The lowest BCUT2D eigenvalue weighted by molar-refractivity contribution is -0.885. The van der Waals surface area contributed by atoms with E-state index in [2.05, 4.69) is 15.4 Å². The van der Waals surface area contributed by atoms with Crippen LogP contribution in [0.25, 0.3) is 0 Å². The molecule has 2 aromatic rings. The van der Waals surface area contributed by atoms with Gasteiger partial charge in [-0.15, -0.1) is 0 Å². The number of benzene rings is 1. The number of nitrogens with one attached hydrogen (secondary N) is 3. The molecule has 8 nitrogen and oxygen atoms in total. The highest BCUT2D eigenvalue weighted by Crippen LogP contribution is 2.29. The minimum atomic E-state index is -2.95. The molecule has 0 fully saturated rings. The highest BCUT2D eigenvalue weighted by Gasteiger charge is 2.16. The minimum Gasteiger partial charge on any atom is -0.493 e. The standard InChI is InChI=1S/C18H21F2N3O5/c1-23(10-12-5-6-14(28-17(19)20)15(8-12)26-2)11-16(24)22-18(25)21-9-13-4-3-7-27-13/h3-8,17H,9-11H2,1-2H3,(H2,21,22,24,25)/p+1. The summed E-state index contributed by atoms with van der Waals surface area (Å²) >= 11 is 0. The van der Waals surface area contributed by atoms with Crippen LogP contribution in [-0.2, 0) is 17.9 Å². The predicted octanol–water partition coefficient (Wildman–Crippen LogP) is 0.930. The van der Waals surface area contributed by atoms with E-state index >= 15 is 0 Å². The van der Waals surface area contributed by atoms with Crippen molar-refractivity contribution in [2.24, 2.45) is 0 Å². The maximum Gasteiger partial charge on any atom is 0.387 e. The van der Waals surface area contributed by atoms with Crippen molar-refractivity contribution in [3.8, 4) is 11.5 Å². The number of amides is 3. The number of quaternary nitrogens is 1. The van der Waals surface area contributed by atoms with Crippen LogP contribution in [-0.4, -0.2) is 39.3 Å². The quantitative estimate of drug-likeness (QED) is 0.584. The molecule has 28 heavy (non-hydrogen) atoms. The molecule has 3 amide bonds. The summed E-state index contributed by atoms with van der Waals surface area (Å²) in [7, 11) is 3.11. The zero-order chi connectivity index (χ0) is 20.5. The Hall–Kier alpha value is -3.14. The summed E-state index contributed by atoms with van der Waals surface area (Å²) < 4.78 is 39.2. The molecule has 0 aliphatic rings. The van der Waals surface area contributed by atoms with Crippen molar-refractivity contribution in [2.75, 3.05) is 20.7 Å². The second-order valence-electron chi connectivity index (χ2n) is 5.98. The van der Waals surface area contributed by atoms with Crippen LogP contribution in [0.15, 0.2) is 41.0 Å². The molecule has 1 unspecified atom stereocenters. The molecule has 1 aromatic heterocycles. The highest BCUT2D eigenvalue weighted by atomic mass is 19.3. The zero-order valence-corrected chi connectivity index (χ0v) is 15.5. The monoisotopic (exact) mass is 398 g/mol. The fourth-order valence-corrected chi connectivity index (χ4v) is 2.50. The lowest BCUT2D eigenvalue weighted by atomic mass is 10.2. The summed E-state index contributed by atoms with van der Waals surface area (Å²) in [5.74, 6) is 0.217. The molecule has 0 aliphatic carbocycles. The van der Waals surface area contributed by atoms with Gasteiger partial charge in [0.1, 0.15) is 12.3 Å². The van der Waals surface area contributed by atoms with Gasteiger partial charge in [-0.1, -0.05) is 0 Å². The first-order chi connectivity index (χ1) is 13.4. The molecule has 1 atom stereocenters. The number of urea groups is 1.